The highest BCUT2D eigenvalue weighted by Crippen LogP contribution is 2.32. The molecule has 0 fully saturated rings. The summed E-state index contributed by atoms with van der Waals surface area (Å²) in [5.41, 5.74) is 3.46. The van der Waals surface area contributed by atoms with Gasteiger partial charge in [0.15, 0.2) is 0 Å². The first kappa shape index (κ1) is 13.2. The Morgan fingerprint density at radius 1 is 1.32 bits per heavy atom. The van der Waals surface area contributed by atoms with Gasteiger partial charge in [-0.2, -0.15) is 0 Å². The van der Waals surface area contributed by atoms with Crippen molar-refractivity contribution in [3.8, 4) is 11.5 Å². The van der Waals surface area contributed by atoms with E-state index in [1.807, 2.05) is 24.5 Å². The van der Waals surface area contributed by atoms with E-state index >= 15 is 0 Å². The molecular formula is C18H18N2O2. The van der Waals surface area contributed by atoms with Crippen molar-refractivity contribution >= 4 is 11.0 Å². The summed E-state index contributed by atoms with van der Waals surface area (Å²) in [6, 6.07) is 10.3. The molecule has 0 unspecified atom stereocenters. The van der Waals surface area contributed by atoms with Crippen molar-refractivity contribution in [2.24, 2.45) is 5.92 Å². The molecule has 1 aliphatic heterocycles. The maximum absolute atomic E-state index is 5.92. The quantitative estimate of drug-likeness (QED) is 0.805. The first-order chi connectivity index (χ1) is 10.8. The molecule has 3 heterocycles. The van der Waals surface area contributed by atoms with Crippen molar-refractivity contribution in [3.63, 3.8) is 0 Å². The fourth-order valence-electron chi connectivity index (χ4n) is 3.10. The Morgan fingerprint density at radius 2 is 2.27 bits per heavy atom. The number of aromatic amines is 1. The van der Waals surface area contributed by atoms with Crippen LogP contribution in [0, 0.1) is 5.92 Å². The van der Waals surface area contributed by atoms with Crippen LogP contribution in [-0.2, 0) is 12.8 Å². The number of nitrogens with zero attached hydrogens (tertiary/aromatic N) is 1. The van der Waals surface area contributed by atoms with Crippen LogP contribution < -0.4 is 9.47 Å². The largest absolute Gasteiger partial charge is 0.497 e. The molecule has 0 bridgehead atoms. The first-order valence-corrected chi connectivity index (χ1v) is 7.53. The number of ether oxygens (including phenoxy) is 2. The second-order valence-electron chi connectivity index (χ2n) is 5.82. The molecule has 0 saturated carbocycles. The van der Waals surface area contributed by atoms with Crippen molar-refractivity contribution in [2.75, 3.05) is 13.7 Å². The van der Waals surface area contributed by atoms with Crippen molar-refractivity contribution in [3.05, 3.63) is 53.9 Å². The zero-order valence-electron chi connectivity index (χ0n) is 12.5. The average molecular weight is 294 g/mol. The van der Waals surface area contributed by atoms with E-state index in [9.17, 15) is 0 Å². The van der Waals surface area contributed by atoms with Crippen molar-refractivity contribution in [1.82, 2.24) is 9.97 Å². The molecular weight excluding hydrogens is 276 g/mol. The number of pyridine rings is 1. The van der Waals surface area contributed by atoms with Gasteiger partial charge < -0.3 is 14.5 Å². The molecule has 0 amide bonds. The van der Waals surface area contributed by atoms with Gasteiger partial charge in [-0.25, -0.2) is 4.98 Å². The fourth-order valence-corrected chi connectivity index (χ4v) is 3.10. The van der Waals surface area contributed by atoms with Crippen LogP contribution in [0.2, 0.25) is 0 Å². The van der Waals surface area contributed by atoms with Gasteiger partial charge in [0.05, 0.1) is 13.7 Å². The van der Waals surface area contributed by atoms with Gasteiger partial charge in [-0.05, 0) is 42.2 Å². The smallest absolute Gasteiger partial charge is 0.137 e. The number of aromatic nitrogens is 2. The van der Waals surface area contributed by atoms with Crippen LogP contribution in [0.25, 0.3) is 11.0 Å². The normalized spacial score (nSPS) is 17.0. The van der Waals surface area contributed by atoms with Crippen LogP contribution in [-0.4, -0.2) is 23.7 Å². The predicted octanol–water partition coefficient (Wildman–Crippen LogP) is 3.37. The SMILES string of the molecule is COc1ccc2c(c1)OC[C@H](Cc1cnc3[nH]ccc3c1)C2. The van der Waals surface area contributed by atoms with E-state index < -0.39 is 0 Å². The number of hydrogen-bond acceptors (Lipinski definition) is 3. The topological polar surface area (TPSA) is 47.1 Å². The molecule has 22 heavy (non-hydrogen) atoms. The van der Waals surface area contributed by atoms with Crippen LogP contribution >= 0.6 is 0 Å². The van der Waals surface area contributed by atoms with Gasteiger partial charge in [0.2, 0.25) is 0 Å². The molecule has 3 aromatic rings. The first-order valence-electron chi connectivity index (χ1n) is 7.53. The zero-order chi connectivity index (χ0) is 14.9. The minimum Gasteiger partial charge on any atom is -0.497 e. The molecule has 0 saturated heterocycles. The molecule has 1 atom stereocenters. The van der Waals surface area contributed by atoms with E-state index in [4.69, 9.17) is 9.47 Å². The van der Waals surface area contributed by atoms with E-state index in [-0.39, 0.29) is 0 Å². The van der Waals surface area contributed by atoms with E-state index in [0.29, 0.717) is 5.92 Å². The Labute approximate surface area is 129 Å². The van der Waals surface area contributed by atoms with Crippen molar-refractivity contribution in [2.45, 2.75) is 12.8 Å². The number of rotatable bonds is 3. The van der Waals surface area contributed by atoms with Gasteiger partial charge in [0.25, 0.3) is 0 Å². The highest BCUT2D eigenvalue weighted by atomic mass is 16.5. The van der Waals surface area contributed by atoms with Crippen LogP contribution in [0.1, 0.15) is 11.1 Å². The number of benzene rings is 1. The van der Waals surface area contributed by atoms with Gasteiger partial charge in [-0.1, -0.05) is 6.07 Å². The lowest BCUT2D eigenvalue weighted by molar-refractivity contribution is 0.220. The predicted molar refractivity (Wildman–Crippen MR) is 85.5 cm³/mol. The minimum atomic E-state index is 0.485. The number of H-pyrrole nitrogens is 1. The Morgan fingerprint density at radius 3 is 3.18 bits per heavy atom. The molecule has 112 valence electrons. The molecule has 4 rings (SSSR count). The van der Waals surface area contributed by atoms with Gasteiger partial charge in [0.1, 0.15) is 17.1 Å². The third-order valence-corrected chi connectivity index (χ3v) is 4.24. The molecule has 4 heteroatoms. The van der Waals surface area contributed by atoms with Crippen LogP contribution in [0.5, 0.6) is 11.5 Å². The van der Waals surface area contributed by atoms with Crippen molar-refractivity contribution in [1.29, 1.82) is 0 Å². The lowest BCUT2D eigenvalue weighted by atomic mass is 9.91. The lowest BCUT2D eigenvalue weighted by Crippen LogP contribution is -2.22. The van der Waals surface area contributed by atoms with Crippen LogP contribution in [0.4, 0.5) is 0 Å². The molecule has 2 aromatic heterocycles. The number of methoxy groups -OCH3 is 1. The highest BCUT2D eigenvalue weighted by Gasteiger charge is 2.21. The zero-order valence-corrected chi connectivity index (χ0v) is 12.5. The number of fused-ring (bicyclic) bond motifs is 2. The molecule has 1 aliphatic rings. The van der Waals surface area contributed by atoms with Gasteiger partial charge in [-0.3, -0.25) is 0 Å². The Bertz CT molecular complexity index is 810. The maximum atomic E-state index is 5.92. The second-order valence-corrected chi connectivity index (χ2v) is 5.82. The summed E-state index contributed by atoms with van der Waals surface area (Å²) in [6.07, 6.45) is 5.90. The summed E-state index contributed by atoms with van der Waals surface area (Å²) in [5, 5.41) is 1.17. The Hall–Kier alpha value is -2.49. The lowest BCUT2D eigenvalue weighted by Gasteiger charge is -2.25. The van der Waals surface area contributed by atoms with E-state index in [0.717, 1.165) is 36.6 Å². The molecule has 0 spiro atoms. The van der Waals surface area contributed by atoms with Gasteiger partial charge in [-0.15, -0.1) is 0 Å². The number of nitrogens with one attached hydrogen (secondary N) is 1. The number of hydrogen-bond donors (Lipinski definition) is 1. The van der Waals surface area contributed by atoms with Gasteiger partial charge >= 0.3 is 0 Å². The monoisotopic (exact) mass is 294 g/mol. The Kier molecular flexibility index (Phi) is 3.22. The molecule has 0 aliphatic carbocycles. The van der Waals surface area contributed by atoms with Crippen molar-refractivity contribution < 1.29 is 9.47 Å². The highest BCUT2D eigenvalue weighted by molar-refractivity contribution is 5.75. The minimum absolute atomic E-state index is 0.485. The summed E-state index contributed by atoms with van der Waals surface area (Å²) in [6.45, 7) is 0.741. The summed E-state index contributed by atoms with van der Waals surface area (Å²) in [4.78, 5) is 7.59. The fraction of sp³-hybridized carbons (Fsp3) is 0.278. The molecule has 4 nitrogen and oxygen atoms in total. The van der Waals surface area contributed by atoms with Crippen LogP contribution in [0.15, 0.2) is 42.7 Å². The third-order valence-electron chi connectivity index (χ3n) is 4.24. The molecule has 0 radical (unpaired) electrons. The Balaban J connectivity index is 1.52. The summed E-state index contributed by atoms with van der Waals surface area (Å²) < 4.78 is 11.2. The van der Waals surface area contributed by atoms with Crippen LogP contribution in [0.3, 0.4) is 0 Å². The average Bonchev–Trinajstić information content (AvgIpc) is 3.02. The summed E-state index contributed by atoms with van der Waals surface area (Å²) in [5.74, 6) is 2.29. The van der Waals surface area contributed by atoms with Gasteiger partial charge in [0, 0.05) is 29.8 Å². The summed E-state index contributed by atoms with van der Waals surface area (Å²) in [7, 11) is 1.68. The second kappa shape index (κ2) is 5.37. The molecule has 1 N–H and O–H groups in total. The molecule has 1 aromatic carbocycles. The maximum Gasteiger partial charge on any atom is 0.137 e. The standard InChI is InChI=1S/C18H18N2O2/c1-21-16-3-2-14-8-13(11-22-17(14)9-16)6-12-7-15-4-5-19-18(15)20-10-12/h2-5,7,9-10,13H,6,8,11H2,1H3,(H,19,20)/t13-/m1/s1. The van der Waals surface area contributed by atoms with E-state index in [1.165, 1.54) is 16.5 Å². The van der Waals surface area contributed by atoms with E-state index in [2.05, 4.69) is 28.2 Å². The third kappa shape index (κ3) is 2.41. The summed E-state index contributed by atoms with van der Waals surface area (Å²) >= 11 is 0. The van der Waals surface area contributed by atoms with E-state index in [1.54, 1.807) is 7.11 Å².